The molecule has 0 heterocycles. The molecule has 0 fully saturated rings. The number of methoxy groups -OCH3 is 1. The van der Waals surface area contributed by atoms with Crippen molar-refractivity contribution in [3.8, 4) is 5.75 Å². The summed E-state index contributed by atoms with van der Waals surface area (Å²) in [5, 5.41) is 9.38. The highest BCUT2D eigenvalue weighted by atomic mass is 16.5. The summed E-state index contributed by atoms with van der Waals surface area (Å²) in [6.07, 6.45) is 4.28. The van der Waals surface area contributed by atoms with Crippen LogP contribution < -0.4 is 0 Å². The fourth-order valence-corrected chi connectivity index (χ4v) is 1.35. The molecule has 1 N–H and O–H groups in total. The Labute approximate surface area is 105 Å². The van der Waals surface area contributed by atoms with Crippen molar-refractivity contribution in [3.05, 3.63) is 48.1 Å². The van der Waals surface area contributed by atoms with E-state index < -0.39 is 5.97 Å². The summed E-state index contributed by atoms with van der Waals surface area (Å²) in [6.45, 7) is 1.41. The number of phenolic OH excluding ortho intramolecular Hbond substituents is 1. The molecule has 1 aromatic rings. The smallest absolute Gasteiger partial charge is 0.338 e. The summed E-state index contributed by atoms with van der Waals surface area (Å²) in [4.78, 5) is 22.4. The van der Waals surface area contributed by atoms with Crippen molar-refractivity contribution in [1.29, 1.82) is 0 Å². The van der Waals surface area contributed by atoms with E-state index in [-0.39, 0.29) is 17.1 Å². The van der Waals surface area contributed by atoms with E-state index in [1.807, 2.05) is 0 Å². The van der Waals surface area contributed by atoms with Gasteiger partial charge in [-0.1, -0.05) is 18.2 Å². The molecule has 0 unspecified atom stereocenters. The van der Waals surface area contributed by atoms with E-state index in [1.165, 1.54) is 44.4 Å². The fourth-order valence-electron chi connectivity index (χ4n) is 1.35. The first kappa shape index (κ1) is 13.7. The molecule has 0 saturated carbocycles. The Balaban J connectivity index is 3.13. The molecular formula is C14H14O4. The number of phenols is 1. The van der Waals surface area contributed by atoms with Crippen LogP contribution in [0.25, 0.3) is 5.57 Å². The van der Waals surface area contributed by atoms with Gasteiger partial charge in [0.15, 0.2) is 5.78 Å². The van der Waals surface area contributed by atoms with Crippen LogP contribution in [0.1, 0.15) is 12.5 Å². The second kappa shape index (κ2) is 6.39. The van der Waals surface area contributed by atoms with Crippen molar-refractivity contribution in [2.75, 3.05) is 7.11 Å². The first-order valence-corrected chi connectivity index (χ1v) is 5.31. The van der Waals surface area contributed by atoms with Gasteiger partial charge in [-0.3, -0.25) is 4.79 Å². The zero-order chi connectivity index (χ0) is 13.5. The van der Waals surface area contributed by atoms with Crippen LogP contribution in [0.15, 0.2) is 42.5 Å². The Morgan fingerprint density at radius 2 is 2.06 bits per heavy atom. The Kier molecular flexibility index (Phi) is 4.87. The third-order valence-electron chi connectivity index (χ3n) is 2.16. The quantitative estimate of drug-likeness (QED) is 0.502. The first-order chi connectivity index (χ1) is 8.54. The third kappa shape index (κ3) is 3.90. The van der Waals surface area contributed by atoms with E-state index >= 15 is 0 Å². The van der Waals surface area contributed by atoms with Crippen LogP contribution in [-0.4, -0.2) is 24.0 Å². The summed E-state index contributed by atoms with van der Waals surface area (Å²) in [5.74, 6) is -0.599. The standard InChI is InChI=1S/C14H14O4/c1-10(15)5-3-8-13(14(17)18-2)11-6-4-7-12(16)9-11/h3-9,16H,1-2H3/b5-3-,13-8+. The van der Waals surface area contributed by atoms with E-state index in [4.69, 9.17) is 0 Å². The highest BCUT2D eigenvalue weighted by Crippen LogP contribution is 2.20. The monoisotopic (exact) mass is 246 g/mol. The van der Waals surface area contributed by atoms with Gasteiger partial charge < -0.3 is 9.84 Å². The van der Waals surface area contributed by atoms with Gasteiger partial charge in [-0.05, 0) is 36.8 Å². The van der Waals surface area contributed by atoms with Gasteiger partial charge in [-0.2, -0.15) is 0 Å². The summed E-state index contributed by atoms with van der Waals surface area (Å²) in [5.41, 5.74) is 0.793. The number of rotatable bonds is 4. The summed E-state index contributed by atoms with van der Waals surface area (Å²) >= 11 is 0. The molecular weight excluding hydrogens is 232 g/mol. The molecule has 4 nitrogen and oxygen atoms in total. The second-order valence-electron chi connectivity index (χ2n) is 3.59. The number of carbonyl (C=O) groups is 2. The molecule has 0 aliphatic heterocycles. The molecule has 0 atom stereocenters. The molecule has 0 aromatic heterocycles. The molecule has 4 heteroatoms. The van der Waals surface area contributed by atoms with Gasteiger partial charge in [0.25, 0.3) is 0 Å². The number of hydrogen-bond donors (Lipinski definition) is 1. The lowest BCUT2D eigenvalue weighted by molar-refractivity contribution is -0.133. The van der Waals surface area contributed by atoms with Crippen molar-refractivity contribution < 1.29 is 19.4 Å². The lowest BCUT2D eigenvalue weighted by Crippen LogP contribution is -2.03. The molecule has 1 rings (SSSR count). The van der Waals surface area contributed by atoms with Crippen LogP contribution >= 0.6 is 0 Å². The van der Waals surface area contributed by atoms with E-state index in [0.717, 1.165) is 0 Å². The maximum Gasteiger partial charge on any atom is 0.338 e. The normalized spacial score (nSPS) is 11.6. The highest BCUT2D eigenvalue weighted by Gasteiger charge is 2.11. The maximum absolute atomic E-state index is 11.6. The average Bonchev–Trinajstić information content (AvgIpc) is 2.33. The molecule has 18 heavy (non-hydrogen) atoms. The number of carbonyl (C=O) groups excluding carboxylic acids is 2. The molecule has 0 amide bonds. The molecule has 0 spiro atoms. The van der Waals surface area contributed by atoms with E-state index in [1.54, 1.807) is 12.1 Å². The van der Waals surface area contributed by atoms with Gasteiger partial charge in [-0.25, -0.2) is 4.79 Å². The molecule has 0 aliphatic carbocycles. The van der Waals surface area contributed by atoms with Gasteiger partial charge in [-0.15, -0.1) is 0 Å². The van der Waals surface area contributed by atoms with Gasteiger partial charge in [0.05, 0.1) is 12.7 Å². The maximum atomic E-state index is 11.6. The highest BCUT2D eigenvalue weighted by molar-refractivity contribution is 6.17. The van der Waals surface area contributed by atoms with Crippen molar-refractivity contribution in [2.45, 2.75) is 6.92 Å². The minimum Gasteiger partial charge on any atom is -0.508 e. The minimum absolute atomic E-state index is 0.0536. The van der Waals surface area contributed by atoms with Gasteiger partial charge in [0, 0.05) is 0 Å². The number of allylic oxidation sites excluding steroid dienone is 3. The zero-order valence-corrected chi connectivity index (χ0v) is 10.2. The Morgan fingerprint density at radius 3 is 2.61 bits per heavy atom. The molecule has 1 aromatic carbocycles. The number of ether oxygens (including phenoxy) is 1. The average molecular weight is 246 g/mol. The summed E-state index contributed by atoms with van der Waals surface area (Å²) in [6, 6.07) is 6.24. The number of ketones is 1. The van der Waals surface area contributed by atoms with Crippen molar-refractivity contribution in [3.63, 3.8) is 0 Å². The first-order valence-electron chi connectivity index (χ1n) is 5.31. The van der Waals surface area contributed by atoms with Crippen molar-refractivity contribution in [2.24, 2.45) is 0 Å². The van der Waals surface area contributed by atoms with Gasteiger partial charge in [0.2, 0.25) is 0 Å². The van der Waals surface area contributed by atoms with Crippen molar-refractivity contribution >= 4 is 17.3 Å². The summed E-state index contributed by atoms with van der Waals surface area (Å²) in [7, 11) is 1.27. The summed E-state index contributed by atoms with van der Waals surface area (Å²) < 4.78 is 4.66. The van der Waals surface area contributed by atoms with Crippen molar-refractivity contribution in [1.82, 2.24) is 0 Å². The lowest BCUT2D eigenvalue weighted by Gasteiger charge is -2.05. The second-order valence-corrected chi connectivity index (χ2v) is 3.59. The predicted molar refractivity (Wildman–Crippen MR) is 67.9 cm³/mol. The Hall–Kier alpha value is -2.36. The van der Waals surface area contributed by atoms with Crippen LogP contribution in [-0.2, 0) is 14.3 Å². The van der Waals surface area contributed by atoms with Crippen LogP contribution in [0.4, 0.5) is 0 Å². The van der Waals surface area contributed by atoms with Crippen LogP contribution in [0.3, 0.4) is 0 Å². The molecule has 0 aliphatic rings. The molecule has 0 bridgehead atoms. The number of aromatic hydroxyl groups is 1. The Bertz CT molecular complexity index is 512. The number of benzene rings is 1. The Morgan fingerprint density at radius 1 is 1.33 bits per heavy atom. The van der Waals surface area contributed by atoms with Crippen LogP contribution in [0, 0.1) is 0 Å². The largest absolute Gasteiger partial charge is 0.508 e. The van der Waals surface area contributed by atoms with Crippen LogP contribution in [0.5, 0.6) is 5.75 Å². The van der Waals surface area contributed by atoms with E-state index in [9.17, 15) is 14.7 Å². The van der Waals surface area contributed by atoms with E-state index in [0.29, 0.717) is 5.56 Å². The lowest BCUT2D eigenvalue weighted by atomic mass is 10.1. The fraction of sp³-hybridized carbons (Fsp3) is 0.143. The van der Waals surface area contributed by atoms with Gasteiger partial charge in [0.1, 0.15) is 5.75 Å². The number of hydrogen-bond acceptors (Lipinski definition) is 4. The molecule has 0 radical (unpaired) electrons. The van der Waals surface area contributed by atoms with E-state index in [2.05, 4.69) is 4.74 Å². The molecule has 0 saturated heterocycles. The minimum atomic E-state index is -0.534. The molecule has 94 valence electrons. The topological polar surface area (TPSA) is 63.6 Å². The third-order valence-corrected chi connectivity index (χ3v) is 2.16. The number of esters is 1. The predicted octanol–water partition coefficient (Wildman–Crippen LogP) is 2.09. The SMILES string of the molecule is COC(=O)/C(=C/C=C\C(C)=O)c1cccc(O)c1. The van der Waals surface area contributed by atoms with Crippen LogP contribution in [0.2, 0.25) is 0 Å². The van der Waals surface area contributed by atoms with Gasteiger partial charge >= 0.3 is 5.97 Å². The zero-order valence-electron chi connectivity index (χ0n) is 10.2.